The van der Waals surface area contributed by atoms with Crippen LogP contribution in [0.1, 0.15) is 115 Å². The number of nitrogens with two attached hydrogens (primary N) is 1. The Morgan fingerprint density at radius 3 is 1.38 bits per heavy atom. The van der Waals surface area contributed by atoms with Crippen molar-refractivity contribution in [3.05, 3.63) is 162 Å². The average molecular weight is 1290 g/mol. The SMILES string of the molecule is C.C.C=C1N[C@@]2(c3cc(O)ccc3F)CO[C@@H](C)C[C@H]2S(=O)(=O)C1(C)C.C=C1N[C@@]2(c3cc(Oc4ncccc4F)ccc3F)CO[C@@H](C)C[C@H]2S(=O)(=O)C1(C)C.C[C@H]1C[C@@H]2[C@](c3cc(Oc4ncccc4F)ccc3F)(CO1)N=C(N)C(C)(C)S2(=O)=O.[2HH]. The second-order valence-electron chi connectivity index (χ2n) is 24.0. The third-order valence-corrected chi connectivity index (χ3v) is 26.6. The third kappa shape index (κ3) is 11.4. The molecule has 18 nitrogen and oxygen atoms in total. The molecule has 5 fully saturated rings. The smallest absolute Gasteiger partial charge is 0.255 e. The van der Waals surface area contributed by atoms with Gasteiger partial charge in [0.1, 0.15) is 71.4 Å². The average Bonchev–Trinajstić information content (AvgIpc) is 0.752. The summed E-state index contributed by atoms with van der Waals surface area (Å²) in [7, 11) is -11.3. The lowest BCUT2D eigenvalue weighted by atomic mass is 9.81. The zero-order valence-corrected chi connectivity index (χ0v) is 51.2. The quantitative estimate of drug-likeness (QED) is 0.110. The third-order valence-electron chi connectivity index (χ3n) is 17.6. The first kappa shape index (κ1) is 68.8. The lowest BCUT2D eigenvalue weighted by molar-refractivity contribution is -0.0314. The topological polar surface area (TPSA) is 257 Å². The van der Waals surface area contributed by atoms with Gasteiger partial charge in [-0.2, -0.15) is 0 Å². The normalized spacial score (nSPS) is 29.8. The lowest BCUT2D eigenvalue weighted by Gasteiger charge is -2.54. The number of halogens is 5. The number of aliphatic imine (C=N–C) groups is 1. The number of benzene rings is 3. The number of ether oxygens (including phenoxy) is 5. The largest absolute Gasteiger partial charge is 0.508 e. The van der Waals surface area contributed by atoms with Crippen LogP contribution in [-0.2, 0) is 60.3 Å². The van der Waals surface area contributed by atoms with Crippen LogP contribution < -0.4 is 25.8 Å². The molecule has 0 spiro atoms. The summed E-state index contributed by atoms with van der Waals surface area (Å²) in [5.41, 5.74) is 2.44. The second-order valence-corrected chi connectivity index (χ2v) is 32.0. The standard InChI is InChI=1S/C22H24F2N2O4S.C21H23F2N3O4S.C17H22FNO4S.2CH4.H2/c1-13-10-19-22(12-29-13,26-14(2)21(3,4)31(19,27)28)16-11-15(7-8-17(16)23)30-20-18(24)6-5-9-25-20;1-12-9-17-21(11-29-12,26-19(24)20(2,3)31(17,27)28)14-10-13(6-7-15(14)22)30-18-16(23)5-4-8-25-18;1-10-7-15-17(9-23-10,13-8-12(20)5-6-14(13)18)19-11(2)16(3,4)24(15,21)22;;;/h5-9,11,13,19,26H,2,10,12H2,1,3-4H3;4-8,10,12,17H,9,11H2,1-3H3,(H2,24,26);5-6,8,10,15,19-20H,2,7,9H2,1,3-4H3;2*1H4;1H/t13-,19+,22+;12-,17+,21+;10-,15+,17+;;;/m000.../s1/i;;;;;1+1. The molecule has 6 aliphatic rings. The van der Waals surface area contributed by atoms with E-state index >= 15 is 8.78 Å². The molecule has 6 aliphatic heterocycles. The highest BCUT2D eigenvalue weighted by Gasteiger charge is 2.64. The fourth-order valence-corrected chi connectivity index (χ4v) is 18.9. The Kier molecular flexibility index (Phi) is 18.9. The molecule has 8 heterocycles. The summed E-state index contributed by atoms with van der Waals surface area (Å²) in [5, 5.41) is 13.2. The van der Waals surface area contributed by atoms with Crippen molar-refractivity contribution in [2.24, 2.45) is 10.7 Å². The highest BCUT2D eigenvalue weighted by molar-refractivity contribution is 7.94. The first-order valence-corrected chi connectivity index (χ1v) is 32.2. The maximum absolute atomic E-state index is 15.1. The van der Waals surface area contributed by atoms with E-state index in [4.69, 9.17) is 29.4 Å². The molecule has 26 heteroatoms. The minimum atomic E-state index is -3.86. The van der Waals surface area contributed by atoms with Crippen molar-refractivity contribution in [3.8, 4) is 29.0 Å². The van der Waals surface area contributed by atoms with Gasteiger partial charge in [-0.05, 0) is 160 Å². The van der Waals surface area contributed by atoms with Crippen LogP contribution >= 0.6 is 0 Å². The van der Waals surface area contributed by atoms with E-state index in [1.54, 1.807) is 48.5 Å². The van der Waals surface area contributed by atoms with Gasteiger partial charge in [-0.25, -0.2) is 57.2 Å². The van der Waals surface area contributed by atoms with Crippen LogP contribution in [0.5, 0.6) is 29.0 Å². The van der Waals surface area contributed by atoms with Gasteiger partial charge in [-0.15, -0.1) is 0 Å². The molecule has 0 amide bonds. The first-order valence-electron chi connectivity index (χ1n) is 27.5. The number of nitrogens with one attached hydrogen (secondary N) is 2. The predicted molar refractivity (Wildman–Crippen MR) is 327 cm³/mol. The van der Waals surface area contributed by atoms with Crippen molar-refractivity contribution in [3.63, 3.8) is 0 Å². The van der Waals surface area contributed by atoms with Crippen molar-refractivity contribution in [1.29, 1.82) is 0 Å². The fraction of sp³-hybridized carbons (Fsp3) is 0.468. The molecule has 5 aromatic rings. The summed E-state index contributed by atoms with van der Waals surface area (Å²) in [5.74, 6) is -3.89. The van der Waals surface area contributed by atoms with Crippen LogP contribution in [0.25, 0.3) is 0 Å². The van der Waals surface area contributed by atoms with Crippen molar-refractivity contribution in [2.75, 3.05) is 19.8 Å². The first-order chi connectivity index (χ1) is 40.0. The molecule has 9 atom stereocenters. The number of rotatable bonds is 7. The number of phenols is 1. The summed E-state index contributed by atoms with van der Waals surface area (Å²) in [6.45, 7) is 22.2. The zero-order chi connectivity index (χ0) is 63.1. The molecule has 3 aromatic carbocycles. The highest BCUT2D eigenvalue weighted by Crippen LogP contribution is 2.52. The molecule has 0 radical (unpaired) electrons. The van der Waals surface area contributed by atoms with Gasteiger partial charge in [0.15, 0.2) is 41.1 Å². The van der Waals surface area contributed by atoms with E-state index in [0.717, 1.165) is 18.2 Å². The van der Waals surface area contributed by atoms with E-state index in [1.807, 2.05) is 0 Å². The van der Waals surface area contributed by atoms with E-state index in [9.17, 15) is 43.5 Å². The predicted octanol–water partition coefficient (Wildman–Crippen LogP) is 10.7. The van der Waals surface area contributed by atoms with Crippen LogP contribution in [0, 0.1) is 29.1 Å². The van der Waals surface area contributed by atoms with Gasteiger partial charge in [0.25, 0.3) is 11.8 Å². The molecule has 0 saturated carbocycles. The number of hydrogen-bond donors (Lipinski definition) is 4. The Labute approximate surface area is 513 Å². The van der Waals surface area contributed by atoms with Gasteiger partial charge < -0.3 is 45.2 Å². The number of sulfone groups is 3. The minimum absolute atomic E-state index is 0. The summed E-state index contributed by atoms with van der Waals surface area (Å²) < 4.78 is 178. The maximum Gasteiger partial charge on any atom is 0.255 e. The Bertz CT molecular complexity index is 3910. The minimum Gasteiger partial charge on any atom is -0.508 e. The number of pyridine rings is 2. The summed E-state index contributed by atoms with van der Waals surface area (Å²) in [4.78, 5) is 12.2. The Morgan fingerprint density at radius 2 is 0.932 bits per heavy atom. The van der Waals surface area contributed by atoms with Crippen molar-refractivity contribution in [1.82, 2.24) is 20.6 Å². The van der Waals surface area contributed by atoms with Gasteiger partial charge in [0.05, 0.1) is 53.9 Å². The zero-order valence-electron chi connectivity index (χ0n) is 48.8. The summed E-state index contributed by atoms with van der Waals surface area (Å²) >= 11 is 0. The number of hydrogen-bond acceptors (Lipinski definition) is 18. The molecule has 482 valence electrons. The molecule has 5 saturated heterocycles. The van der Waals surface area contributed by atoms with E-state index in [1.165, 1.54) is 86.9 Å². The molecule has 2 aromatic heterocycles. The van der Waals surface area contributed by atoms with E-state index in [0.29, 0.717) is 5.70 Å². The van der Waals surface area contributed by atoms with Crippen LogP contribution in [0.15, 0.2) is 121 Å². The molecule has 0 bridgehead atoms. The molecule has 0 aliphatic carbocycles. The molecule has 11 rings (SSSR count). The summed E-state index contributed by atoms with van der Waals surface area (Å²) in [6, 6.07) is 16.4. The van der Waals surface area contributed by atoms with Crippen molar-refractivity contribution >= 4 is 35.3 Å². The van der Waals surface area contributed by atoms with Crippen LogP contribution in [-0.4, -0.2) is 114 Å². The van der Waals surface area contributed by atoms with Gasteiger partial charge in [-0.3, -0.25) is 4.99 Å². The van der Waals surface area contributed by atoms with Gasteiger partial charge in [-0.1, -0.05) is 28.0 Å². The van der Waals surface area contributed by atoms with Crippen molar-refractivity contribution < 1.29 is 77.4 Å². The lowest BCUT2D eigenvalue weighted by Crippen LogP contribution is -2.69. The van der Waals surface area contributed by atoms with Gasteiger partial charge in [0, 0.05) is 41.9 Å². The van der Waals surface area contributed by atoms with E-state index in [-0.39, 0.29) is 131 Å². The van der Waals surface area contributed by atoms with E-state index < -0.39 is 105 Å². The van der Waals surface area contributed by atoms with E-state index in [2.05, 4.69) is 38.8 Å². The number of fused-ring (bicyclic) bond motifs is 3. The molecular weight excluding hydrogens is 1210 g/mol. The summed E-state index contributed by atoms with van der Waals surface area (Å²) in [6.07, 6.45) is 2.34. The second kappa shape index (κ2) is 24.2. The maximum atomic E-state index is 15.1. The van der Waals surface area contributed by atoms with Crippen LogP contribution in [0.2, 0.25) is 0 Å². The Balaban J connectivity index is 0.000000211. The Morgan fingerprint density at radius 1 is 0.557 bits per heavy atom. The van der Waals surface area contributed by atoms with Gasteiger partial charge >= 0.3 is 0 Å². The monoisotopic (exact) mass is 1290 g/mol. The number of aromatic hydroxyl groups is 1. The molecule has 0 unspecified atom stereocenters. The molecule has 88 heavy (non-hydrogen) atoms. The number of amidine groups is 1. The van der Waals surface area contributed by atoms with Crippen LogP contribution in [0.3, 0.4) is 0 Å². The Hall–Kier alpha value is -6.71. The van der Waals surface area contributed by atoms with Gasteiger partial charge in [0.2, 0.25) is 0 Å². The molecular formula is C62H79F5N6O12S3. The van der Waals surface area contributed by atoms with Crippen molar-refractivity contribution in [2.45, 2.75) is 161 Å². The number of nitrogens with zero attached hydrogens (tertiary/aromatic N) is 3. The number of aromatic nitrogens is 2. The number of phenolic OH excluding ortho intramolecular Hbond substituents is 1. The highest BCUT2D eigenvalue weighted by atomic mass is 32.2. The molecule has 5 N–H and O–H groups in total. The van der Waals surface area contributed by atoms with Crippen LogP contribution in [0.4, 0.5) is 22.0 Å². The fourth-order valence-electron chi connectivity index (χ4n) is 11.8.